The molecule has 0 radical (unpaired) electrons. The molecule has 0 aliphatic carbocycles. The number of para-hydroxylation sites is 1. The Morgan fingerprint density at radius 1 is 1.20 bits per heavy atom. The Morgan fingerprint density at radius 3 is 2.77 bits per heavy atom. The van der Waals surface area contributed by atoms with Gasteiger partial charge in [0.2, 0.25) is 0 Å². The van der Waals surface area contributed by atoms with Crippen molar-refractivity contribution in [1.29, 1.82) is 0 Å². The Balaban J connectivity index is 1.76. The number of ether oxygens (including phenoxy) is 1. The smallest absolute Gasteiger partial charge is 0.324 e. The third-order valence-corrected chi connectivity index (χ3v) is 6.26. The first-order chi connectivity index (χ1) is 14.6. The van der Waals surface area contributed by atoms with Crippen molar-refractivity contribution in [3.05, 3.63) is 75.4 Å². The molecular formula is C20H16N4O4S2. The number of carbonyl (C=O) groups excluding carboxylic acids is 1. The molecule has 4 rings (SSSR count). The minimum atomic E-state index is -0.501. The van der Waals surface area contributed by atoms with Gasteiger partial charge in [-0.05, 0) is 36.8 Å². The minimum Gasteiger partial charge on any atom is -0.492 e. The van der Waals surface area contributed by atoms with Gasteiger partial charge in [-0.25, -0.2) is 4.98 Å². The van der Waals surface area contributed by atoms with E-state index in [0.29, 0.717) is 23.0 Å². The summed E-state index contributed by atoms with van der Waals surface area (Å²) in [6.45, 7) is 2.64. The minimum absolute atomic E-state index is 0.0809. The van der Waals surface area contributed by atoms with E-state index in [0.717, 1.165) is 21.6 Å². The van der Waals surface area contributed by atoms with Crippen LogP contribution in [0.15, 0.2) is 54.9 Å². The van der Waals surface area contributed by atoms with Crippen molar-refractivity contribution in [1.82, 2.24) is 9.97 Å². The fourth-order valence-electron chi connectivity index (χ4n) is 2.87. The number of pyridine rings is 1. The number of rotatable bonds is 7. The molecule has 8 nitrogen and oxygen atoms in total. The van der Waals surface area contributed by atoms with Gasteiger partial charge in [0, 0.05) is 18.5 Å². The van der Waals surface area contributed by atoms with Crippen molar-refractivity contribution in [3.8, 4) is 5.75 Å². The van der Waals surface area contributed by atoms with Gasteiger partial charge in [0.05, 0.1) is 27.7 Å². The SMILES string of the molecule is CCOc1cccc2sc(N(Cc3cccnc3)C(=O)c3ccc([N+](=O)[O-])s3)nc12. The largest absolute Gasteiger partial charge is 0.492 e. The van der Waals surface area contributed by atoms with Crippen LogP contribution in [0, 0.1) is 10.1 Å². The van der Waals surface area contributed by atoms with Gasteiger partial charge in [0.1, 0.15) is 11.3 Å². The Bertz CT molecular complexity index is 1210. The third-order valence-electron chi connectivity index (χ3n) is 4.19. The maximum Gasteiger partial charge on any atom is 0.324 e. The molecule has 0 unspecified atom stereocenters. The average Bonchev–Trinajstić information content (AvgIpc) is 3.40. The molecule has 152 valence electrons. The predicted octanol–water partition coefficient (Wildman–Crippen LogP) is 4.91. The number of benzene rings is 1. The molecule has 10 heteroatoms. The number of fused-ring (bicyclic) bond motifs is 1. The molecule has 0 bridgehead atoms. The van der Waals surface area contributed by atoms with Crippen molar-refractivity contribution in [2.45, 2.75) is 13.5 Å². The van der Waals surface area contributed by atoms with E-state index in [4.69, 9.17) is 4.74 Å². The zero-order valence-electron chi connectivity index (χ0n) is 15.8. The number of thiophene rings is 1. The fraction of sp³-hybridized carbons (Fsp3) is 0.150. The monoisotopic (exact) mass is 440 g/mol. The number of carbonyl (C=O) groups is 1. The molecule has 0 saturated heterocycles. The van der Waals surface area contributed by atoms with Crippen LogP contribution in [-0.4, -0.2) is 27.4 Å². The summed E-state index contributed by atoms with van der Waals surface area (Å²) in [5, 5.41) is 11.4. The molecule has 0 N–H and O–H groups in total. The van der Waals surface area contributed by atoms with E-state index in [2.05, 4.69) is 9.97 Å². The highest BCUT2D eigenvalue weighted by molar-refractivity contribution is 7.22. The van der Waals surface area contributed by atoms with Crippen molar-refractivity contribution >= 4 is 48.9 Å². The van der Waals surface area contributed by atoms with Crippen molar-refractivity contribution < 1.29 is 14.5 Å². The van der Waals surface area contributed by atoms with Crippen LogP contribution in [0.3, 0.4) is 0 Å². The summed E-state index contributed by atoms with van der Waals surface area (Å²) in [6, 6.07) is 12.1. The Labute approximate surface area is 179 Å². The molecule has 4 aromatic rings. The van der Waals surface area contributed by atoms with Gasteiger partial charge in [-0.1, -0.05) is 34.8 Å². The first-order valence-electron chi connectivity index (χ1n) is 9.04. The molecule has 1 aromatic carbocycles. The molecule has 0 fully saturated rings. The van der Waals surface area contributed by atoms with Crippen LogP contribution in [0.1, 0.15) is 22.2 Å². The maximum atomic E-state index is 13.3. The first-order valence-corrected chi connectivity index (χ1v) is 10.7. The molecule has 1 amide bonds. The molecule has 0 saturated carbocycles. The van der Waals surface area contributed by atoms with Crippen LogP contribution in [0.25, 0.3) is 10.2 Å². The fourth-order valence-corrected chi connectivity index (χ4v) is 4.62. The van der Waals surface area contributed by atoms with Crippen molar-refractivity contribution in [2.24, 2.45) is 0 Å². The maximum absolute atomic E-state index is 13.3. The number of aromatic nitrogens is 2. The van der Waals surface area contributed by atoms with Gasteiger partial charge in [-0.2, -0.15) is 0 Å². The number of hydrogen-bond acceptors (Lipinski definition) is 8. The lowest BCUT2D eigenvalue weighted by Crippen LogP contribution is -2.29. The number of amides is 1. The van der Waals surface area contributed by atoms with Crippen molar-refractivity contribution in [3.63, 3.8) is 0 Å². The second-order valence-electron chi connectivity index (χ2n) is 6.18. The highest BCUT2D eigenvalue weighted by Crippen LogP contribution is 2.36. The van der Waals surface area contributed by atoms with Gasteiger partial charge in [0.25, 0.3) is 5.91 Å². The molecule has 0 aliphatic heterocycles. The molecule has 3 aromatic heterocycles. The lowest BCUT2D eigenvalue weighted by Gasteiger charge is -2.19. The van der Waals surface area contributed by atoms with E-state index in [9.17, 15) is 14.9 Å². The van der Waals surface area contributed by atoms with Crippen LogP contribution in [0.5, 0.6) is 5.75 Å². The molecule has 0 aliphatic rings. The standard InChI is InChI=1S/C20H16N4O4S2/c1-2-28-14-6-3-7-15-18(14)22-20(30-15)23(12-13-5-4-10-21-11-13)19(25)16-8-9-17(29-16)24(26)27/h3-11H,2,12H2,1H3. The summed E-state index contributed by atoms with van der Waals surface area (Å²) in [5.41, 5.74) is 1.50. The topological polar surface area (TPSA) is 98.5 Å². The molecule has 0 spiro atoms. The zero-order chi connectivity index (χ0) is 21.1. The van der Waals surface area contributed by atoms with E-state index in [1.54, 1.807) is 18.5 Å². The van der Waals surface area contributed by atoms with E-state index in [1.165, 1.54) is 28.4 Å². The van der Waals surface area contributed by atoms with Crippen molar-refractivity contribution in [2.75, 3.05) is 11.5 Å². The van der Waals surface area contributed by atoms with E-state index < -0.39 is 4.92 Å². The van der Waals surface area contributed by atoms with Crippen LogP contribution in [0.2, 0.25) is 0 Å². The summed E-state index contributed by atoms with van der Waals surface area (Å²) in [4.78, 5) is 34.4. The highest BCUT2D eigenvalue weighted by atomic mass is 32.1. The highest BCUT2D eigenvalue weighted by Gasteiger charge is 2.25. The number of anilines is 1. The Kier molecular flexibility index (Phi) is 5.68. The molecule has 30 heavy (non-hydrogen) atoms. The zero-order valence-corrected chi connectivity index (χ0v) is 17.5. The molecule has 0 atom stereocenters. The number of nitrogens with zero attached hydrogens (tertiary/aromatic N) is 4. The van der Waals surface area contributed by atoms with Gasteiger partial charge in [-0.15, -0.1) is 0 Å². The first kappa shape index (κ1) is 19.9. The summed E-state index contributed by atoms with van der Waals surface area (Å²) in [6.07, 6.45) is 3.33. The lowest BCUT2D eigenvalue weighted by atomic mass is 10.2. The van der Waals surface area contributed by atoms with Gasteiger partial charge in [-0.3, -0.25) is 24.8 Å². The summed E-state index contributed by atoms with van der Waals surface area (Å²) < 4.78 is 6.55. The van der Waals surface area contributed by atoms with E-state index in [1.807, 2.05) is 31.2 Å². The second kappa shape index (κ2) is 8.56. The predicted molar refractivity (Wildman–Crippen MR) is 117 cm³/mol. The Hall–Kier alpha value is -3.37. The molecular weight excluding hydrogens is 424 g/mol. The van der Waals surface area contributed by atoms with Crippen LogP contribution in [-0.2, 0) is 6.54 Å². The number of nitro groups is 1. The summed E-state index contributed by atoms with van der Waals surface area (Å²) >= 11 is 2.21. The number of thiazole rings is 1. The summed E-state index contributed by atoms with van der Waals surface area (Å²) in [7, 11) is 0. The van der Waals surface area contributed by atoms with Gasteiger partial charge >= 0.3 is 5.00 Å². The average molecular weight is 441 g/mol. The molecule has 3 heterocycles. The quantitative estimate of drug-likeness (QED) is 0.299. The number of hydrogen-bond donors (Lipinski definition) is 0. The summed E-state index contributed by atoms with van der Waals surface area (Å²) in [5.74, 6) is 0.298. The van der Waals surface area contributed by atoms with E-state index in [-0.39, 0.29) is 22.3 Å². The second-order valence-corrected chi connectivity index (χ2v) is 8.25. The lowest BCUT2D eigenvalue weighted by molar-refractivity contribution is -0.380. The Morgan fingerprint density at radius 2 is 2.07 bits per heavy atom. The van der Waals surface area contributed by atoms with Crippen LogP contribution < -0.4 is 9.64 Å². The normalized spacial score (nSPS) is 10.8. The van der Waals surface area contributed by atoms with Crippen LogP contribution in [0.4, 0.5) is 10.1 Å². The third kappa shape index (κ3) is 4.00. The van der Waals surface area contributed by atoms with E-state index >= 15 is 0 Å². The van der Waals surface area contributed by atoms with Crippen LogP contribution >= 0.6 is 22.7 Å². The van der Waals surface area contributed by atoms with Gasteiger partial charge in [0.15, 0.2) is 5.13 Å². The van der Waals surface area contributed by atoms with Gasteiger partial charge < -0.3 is 4.74 Å².